The number of fused-ring (bicyclic) bond motifs is 1. The van der Waals surface area contributed by atoms with Gasteiger partial charge in [0, 0.05) is 50.0 Å². The molecule has 1 N–H and O–H groups in total. The van der Waals surface area contributed by atoms with Crippen LogP contribution in [0.5, 0.6) is 0 Å². The Morgan fingerprint density at radius 2 is 1.79 bits per heavy atom. The molecule has 3 heterocycles. The van der Waals surface area contributed by atoms with Crippen molar-refractivity contribution in [3.63, 3.8) is 0 Å². The Balaban J connectivity index is 1.53. The number of amides is 3. The van der Waals surface area contributed by atoms with E-state index in [9.17, 15) is 9.59 Å². The lowest BCUT2D eigenvalue weighted by atomic mass is 10.0. The third kappa shape index (κ3) is 3.86. The molecule has 2 aliphatic rings. The molecule has 0 radical (unpaired) electrons. The van der Waals surface area contributed by atoms with Crippen molar-refractivity contribution in [3.05, 3.63) is 46.3 Å². The van der Waals surface area contributed by atoms with Gasteiger partial charge in [-0.3, -0.25) is 9.48 Å². The Morgan fingerprint density at radius 1 is 1.03 bits per heavy atom. The molecule has 4 rings (SSSR count). The van der Waals surface area contributed by atoms with Gasteiger partial charge in [-0.1, -0.05) is 12.1 Å². The van der Waals surface area contributed by atoms with Gasteiger partial charge in [-0.15, -0.1) is 0 Å². The molecule has 1 saturated heterocycles. The van der Waals surface area contributed by atoms with Gasteiger partial charge in [0.2, 0.25) is 0 Å². The summed E-state index contributed by atoms with van der Waals surface area (Å²) in [6.07, 6.45) is 3.97. The van der Waals surface area contributed by atoms with Crippen molar-refractivity contribution in [2.75, 3.05) is 25.0 Å². The maximum absolute atomic E-state index is 13.1. The quantitative estimate of drug-likeness (QED) is 0.849. The molecule has 0 bridgehead atoms. The summed E-state index contributed by atoms with van der Waals surface area (Å²) in [5.74, 6) is -0.00154. The number of carbonyl (C=O) groups excluding carboxylic acids is 2. The number of aryl methyl sites for hydroxylation is 3. The summed E-state index contributed by atoms with van der Waals surface area (Å²) >= 11 is 0. The molecular weight excluding hydrogens is 366 g/mol. The number of anilines is 1. The zero-order chi connectivity index (χ0) is 20.5. The van der Waals surface area contributed by atoms with Crippen LogP contribution in [-0.2, 0) is 20.0 Å². The maximum atomic E-state index is 13.1. The zero-order valence-corrected chi connectivity index (χ0v) is 17.5. The van der Waals surface area contributed by atoms with Crippen molar-refractivity contribution in [2.24, 2.45) is 7.05 Å². The van der Waals surface area contributed by atoms with Crippen molar-refractivity contribution >= 4 is 17.6 Å². The fraction of sp³-hybridized carbons (Fsp3) is 0.500. The van der Waals surface area contributed by atoms with E-state index in [2.05, 4.69) is 10.4 Å². The van der Waals surface area contributed by atoms with Gasteiger partial charge in [0.05, 0.1) is 6.54 Å². The largest absolute Gasteiger partial charge is 0.337 e. The molecule has 154 valence electrons. The molecule has 7 nitrogen and oxygen atoms in total. The first kappa shape index (κ1) is 19.5. The highest BCUT2D eigenvalue weighted by Crippen LogP contribution is 2.25. The van der Waals surface area contributed by atoms with Crippen LogP contribution in [0.15, 0.2) is 18.2 Å². The average Bonchev–Trinajstić information content (AvgIpc) is 3.06. The second-order valence-electron chi connectivity index (χ2n) is 8.17. The second kappa shape index (κ2) is 7.89. The van der Waals surface area contributed by atoms with Crippen molar-refractivity contribution in [2.45, 2.75) is 46.1 Å². The third-order valence-electron chi connectivity index (χ3n) is 6.01. The minimum atomic E-state index is -0.135. The Morgan fingerprint density at radius 3 is 2.55 bits per heavy atom. The summed E-state index contributed by atoms with van der Waals surface area (Å²) in [6, 6.07) is 5.89. The van der Waals surface area contributed by atoms with Crippen molar-refractivity contribution < 1.29 is 9.59 Å². The van der Waals surface area contributed by atoms with Crippen LogP contribution in [0.25, 0.3) is 0 Å². The van der Waals surface area contributed by atoms with Crippen LogP contribution in [0.4, 0.5) is 10.5 Å². The summed E-state index contributed by atoms with van der Waals surface area (Å²) in [4.78, 5) is 29.7. The SMILES string of the molecule is Cc1ccc(C)c(NC(=O)N2CCc3c(c(C(=O)N4CCCCC4)nn3C)C2)c1. The fourth-order valence-corrected chi connectivity index (χ4v) is 4.25. The van der Waals surface area contributed by atoms with E-state index in [1.807, 2.05) is 48.7 Å². The summed E-state index contributed by atoms with van der Waals surface area (Å²) in [7, 11) is 1.89. The predicted molar refractivity (Wildman–Crippen MR) is 112 cm³/mol. The summed E-state index contributed by atoms with van der Waals surface area (Å²) in [5, 5.41) is 7.57. The molecule has 2 aliphatic heterocycles. The number of urea groups is 1. The lowest BCUT2D eigenvalue weighted by Crippen LogP contribution is -2.40. The first-order chi connectivity index (χ1) is 13.9. The van der Waals surface area contributed by atoms with E-state index in [0.717, 1.165) is 54.0 Å². The number of piperidine rings is 1. The number of likely N-dealkylation sites (tertiary alicyclic amines) is 1. The van der Waals surface area contributed by atoms with E-state index in [0.29, 0.717) is 25.2 Å². The first-order valence-corrected chi connectivity index (χ1v) is 10.4. The van der Waals surface area contributed by atoms with Crippen molar-refractivity contribution in [1.82, 2.24) is 19.6 Å². The van der Waals surface area contributed by atoms with Gasteiger partial charge in [-0.2, -0.15) is 5.10 Å². The topological polar surface area (TPSA) is 70.5 Å². The molecule has 7 heteroatoms. The lowest BCUT2D eigenvalue weighted by molar-refractivity contribution is 0.0715. The molecule has 0 saturated carbocycles. The van der Waals surface area contributed by atoms with Gasteiger partial charge in [0.1, 0.15) is 0 Å². The molecule has 0 aliphatic carbocycles. The molecule has 0 spiro atoms. The van der Waals surface area contributed by atoms with Crippen LogP contribution in [0.2, 0.25) is 0 Å². The van der Waals surface area contributed by atoms with Crippen LogP contribution >= 0.6 is 0 Å². The van der Waals surface area contributed by atoms with E-state index in [1.165, 1.54) is 6.42 Å². The molecule has 1 fully saturated rings. The Labute approximate surface area is 171 Å². The van der Waals surface area contributed by atoms with E-state index >= 15 is 0 Å². The van der Waals surface area contributed by atoms with E-state index in [4.69, 9.17) is 0 Å². The standard InChI is InChI=1S/C22H29N5O2/c1-15-7-8-16(2)18(13-15)23-22(29)27-12-9-19-17(14-27)20(24-25(19)3)21(28)26-10-5-4-6-11-26/h7-8,13H,4-6,9-12,14H2,1-3H3,(H,23,29). The number of benzene rings is 1. The molecular formula is C22H29N5O2. The van der Waals surface area contributed by atoms with Gasteiger partial charge in [-0.05, 0) is 50.3 Å². The summed E-state index contributed by atoms with van der Waals surface area (Å²) < 4.78 is 1.81. The fourth-order valence-electron chi connectivity index (χ4n) is 4.25. The Bertz CT molecular complexity index is 943. The summed E-state index contributed by atoms with van der Waals surface area (Å²) in [6.45, 7) is 6.60. The highest BCUT2D eigenvalue weighted by Gasteiger charge is 2.31. The van der Waals surface area contributed by atoms with Gasteiger partial charge >= 0.3 is 6.03 Å². The average molecular weight is 396 g/mol. The number of carbonyl (C=O) groups is 2. The van der Waals surface area contributed by atoms with Gasteiger partial charge in [0.25, 0.3) is 5.91 Å². The van der Waals surface area contributed by atoms with Crippen LogP contribution in [0, 0.1) is 13.8 Å². The van der Waals surface area contributed by atoms with Crippen molar-refractivity contribution in [3.8, 4) is 0 Å². The van der Waals surface area contributed by atoms with Gasteiger partial charge < -0.3 is 15.1 Å². The molecule has 1 aromatic heterocycles. The minimum Gasteiger partial charge on any atom is -0.337 e. The Kier molecular flexibility index (Phi) is 5.30. The van der Waals surface area contributed by atoms with Crippen molar-refractivity contribution in [1.29, 1.82) is 0 Å². The number of hydrogen-bond donors (Lipinski definition) is 1. The van der Waals surface area contributed by atoms with Crippen LogP contribution < -0.4 is 5.32 Å². The van der Waals surface area contributed by atoms with Crippen LogP contribution in [0.3, 0.4) is 0 Å². The zero-order valence-electron chi connectivity index (χ0n) is 17.5. The van der Waals surface area contributed by atoms with E-state index in [1.54, 1.807) is 4.90 Å². The maximum Gasteiger partial charge on any atom is 0.322 e. The molecule has 0 unspecified atom stereocenters. The second-order valence-corrected chi connectivity index (χ2v) is 8.17. The first-order valence-electron chi connectivity index (χ1n) is 10.4. The highest BCUT2D eigenvalue weighted by molar-refractivity contribution is 5.95. The van der Waals surface area contributed by atoms with Crippen LogP contribution in [-0.4, -0.2) is 51.2 Å². The monoisotopic (exact) mass is 395 g/mol. The van der Waals surface area contributed by atoms with Gasteiger partial charge in [0.15, 0.2) is 5.69 Å². The third-order valence-corrected chi connectivity index (χ3v) is 6.01. The molecule has 29 heavy (non-hydrogen) atoms. The van der Waals surface area contributed by atoms with E-state index < -0.39 is 0 Å². The van der Waals surface area contributed by atoms with E-state index in [-0.39, 0.29) is 11.9 Å². The number of rotatable bonds is 2. The van der Waals surface area contributed by atoms with Gasteiger partial charge in [-0.25, -0.2) is 4.79 Å². The molecule has 2 aromatic rings. The molecule has 1 aromatic carbocycles. The minimum absolute atomic E-state index is 0.00154. The Hall–Kier alpha value is -2.83. The molecule has 0 atom stereocenters. The number of nitrogens with one attached hydrogen (secondary N) is 1. The lowest BCUT2D eigenvalue weighted by Gasteiger charge is -2.29. The molecule has 3 amide bonds. The normalized spacial score (nSPS) is 16.5. The predicted octanol–water partition coefficient (Wildman–Crippen LogP) is 3.25. The van der Waals surface area contributed by atoms with Crippen LogP contribution in [0.1, 0.15) is 52.1 Å². The number of nitrogens with zero attached hydrogens (tertiary/aromatic N) is 4. The number of aromatic nitrogens is 2. The summed E-state index contributed by atoms with van der Waals surface area (Å²) in [5.41, 5.74) is 5.43. The smallest absolute Gasteiger partial charge is 0.322 e. The highest BCUT2D eigenvalue weighted by atomic mass is 16.2. The number of hydrogen-bond acceptors (Lipinski definition) is 3.